The topological polar surface area (TPSA) is 89.9 Å². The molecule has 0 radical (unpaired) electrons. The molecule has 0 aromatic carbocycles. The Balaban J connectivity index is 2.04. The Morgan fingerprint density at radius 2 is 1.88 bits per heavy atom. The Labute approximate surface area is 99.6 Å². The summed E-state index contributed by atoms with van der Waals surface area (Å²) >= 11 is 0. The van der Waals surface area contributed by atoms with Gasteiger partial charge in [-0.25, -0.2) is 4.79 Å². The minimum atomic E-state index is -1.02. The van der Waals surface area contributed by atoms with Gasteiger partial charge >= 0.3 is 5.97 Å². The normalized spacial score (nSPS) is 30.5. The van der Waals surface area contributed by atoms with Gasteiger partial charge in [0.25, 0.3) is 0 Å². The van der Waals surface area contributed by atoms with E-state index in [9.17, 15) is 14.7 Å². The lowest BCUT2D eigenvalue weighted by molar-refractivity contribution is -0.150. The molecule has 2 atom stereocenters. The number of hydrogen-bond acceptors (Lipinski definition) is 4. The number of nitrogens with zero attached hydrogens (tertiary/aromatic N) is 1. The molecule has 2 heterocycles. The number of nitrogens with one attached hydrogen (secondary N) is 1. The van der Waals surface area contributed by atoms with E-state index in [0.717, 1.165) is 25.9 Å². The average Bonchev–Trinajstić information content (AvgIpc) is 2.72. The van der Waals surface area contributed by atoms with Gasteiger partial charge in [-0.2, -0.15) is 0 Å². The first-order valence-corrected chi connectivity index (χ1v) is 6.01. The molecule has 0 bridgehead atoms. The number of piperidine rings is 1. The van der Waals surface area contributed by atoms with Crippen LogP contribution in [0.3, 0.4) is 0 Å². The number of rotatable bonds is 2. The van der Waals surface area contributed by atoms with Crippen LogP contribution >= 0.6 is 0 Å². The number of carbonyl (C=O) groups excluding carboxylic acids is 1. The number of aliphatic hydroxyl groups is 1. The molecule has 2 fully saturated rings. The fraction of sp³-hybridized carbons (Fsp3) is 0.818. The zero-order valence-electron chi connectivity index (χ0n) is 9.63. The maximum absolute atomic E-state index is 12.2. The van der Waals surface area contributed by atoms with Gasteiger partial charge in [0.15, 0.2) is 0 Å². The molecule has 0 spiro atoms. The summed E-state index contributed by atoms with van der Waals surface area (Å²) in [6, 6.07) is -0.854. The third-order valence-corrected chi connectivity index (χ3v) is 3.54. The summed E-state index contributed by atoms with van der Waals surface area (Å²) in [6.07, 6.45) is 0.934. The molecule has 2 rings (SSSR count). The van der Waals surface area contributed by atoms with Crippen LogP contribution in [0.2, 0.25) is 0 Å². The Kier molecular flexibility index (Phi) is 3.63. The van der Waals surface area contributed by atoms with Crippen molar-refractivity contribution < 1.29 is 19.8 Å². The van der Waals surface area contributed by atoms with Gasteiger partial charge in [-0.05, 0) is 25.9 Å². The largest absolute Gasteiger partial charge is 0.480 e. The van der Waals surface area contributed by atoms with E-state index in [4.69, 9.17) is 5.11 Å². The predicted molar refractivity (Wildman–Crippen MR) is 59.4 cm³/mol. The molecule has 96 valence electrons. The molecule has 6 nitrogen and oxygen atoms in total. The third kappa shape index (κ3) is 2.58. The van der Waals surface area contributed by atoms with Crippen LogP contribution in [-0.2, 0) is 9.59 Å². The number of β-amino-alcohol motifs (C(OH)–C–C–N with tert-alkyl or cyclic N) is 1. The molecule has 2 saturated heterocycles. The van der Waals surface area contributed by atoms with E-state index in [1.54, 1.807) is 0 Å². The van der Waals surface area contributed by atoms with Crippen LogP contribution in [-0.4, -0.2) is 58.8 Å². The number of amides is 1. The highest BCUT2D eigenvalue weighted by atomic mass is 16.4. The molecular weight excluding hydrogens is 224 g/mol. The van der Waals surface area contributed by atoms with Crippen molar-refractivity contribution in [1.29, 1.82) is 0 Å². The van der Waals surface area contributed by atoms with Crippen LogP contribution in [0.4, 0.5) is 0 Å². The van der Waals surface area contributed by atoms with E-state index >= 15 is 0 Å². The first kappa shape index (κ1) is 12.3. The number of aliphatic hydroxyl groups excluding tert-OH is 1. The van der Waals surface area contributed by atoms with Gasteiger partial charge in [-0.3, -0.25) is 4.79 Å². The molecule has 0 aliphatic carbocycles. The van der Waals surface area contributed by atoms with Crippen molar-refractivity contribution in [1.82, 2.24) is 10.2 Å². The maximum atomic E-state index is 12.2. The minimum absolute atomic E-state index is 0.0941. The van der Waals surface area contributed by atoms with Gasteiger partial charge in [-0.1, -0.05) is 0 Å². The van der Waals surface area contributed by atoms with E-state index in [1.807, 2.05) is 0 Å². The van der Waals surface area contributed by atoms with Crippen molar-refractivity contribution in [3.05, 3.63) is 0 Å². The number of carboxylic acids is 1. The second kappa shape index (κ2) is 5.01. The van der Waals surface area contributed by atoms with Crippen LogP contribution in [0.5, 0.6) is 0 Å². The average molecular weight is 242 g/mol. The molecule has 2 aliphatic rings. The second-order valence-electron chi connectivity index (χ2n) is 4.76. The predicted octanol–water partition coefficient (Wildman–Crippen LogP) is -0.968. The van der Waals surface area contributed by atoms with Crippen molar-refractivity contribution in [2.24, 2.45) is 5.92 Å². The zero-order chi connectivity index (χ0) is 12.4. The number of carboxylic acid groups (broad SMARTS) is 1. The summed E-state index contributed by atoms with van der Waals surface area (Å²) in [6.45, 7) is 1.74. The standard InChI is InChI=1S/C11H18N2O4/c14-8-5-9(11(16)17)13(6-8)10(15)7-1-3-12-4-2-7/h7-9,12,14H,1-6H2,(H,16,17)/t8-,9-/m1/s1. The van der Waals surface area contributed by atoms with Gasteiger partial charge in [0, 0.05) is 18.9 Å². The maximum Gasteiger partial charge on any atom is 0.326 e. The van der Waals surface area contributed by atoms with Crippen molar-refractivity contribution in [2.75, 3.05) is 19.6 Å². The fourth-order valence-corrected chi connectivity index (χ4v) is 2.59. The highest BCUT2D eigenvalue weighted by Gasteiger charge is 2.41. The molecule has 2 aliphatic heterocycles. The summed E-state index contributed by atoms with van der Waals surface area (Å²) in [7, 11) is 0. The third-order valence-electron chi connectivity index (χ3n) is 3.54. The highest BCUT2D eigenvalue weighted by Crippen LogP contribution is 2.23. The smallest absolute Gasteiger partial charge is 0.326 e. The molecule has 0 aromatic rings. The van der Waals surface area contributed by atoms with Crippen molar-refractivity contribution in [3.63, 3.8) is 0 Å². The summed E-state index contributed by atoms with van der Waals surface area (Å²) in [5, 5.41) is 21.7. The molecule has 0 saturated carbocycles. The number of aliphatic carboxylic acids is 1. The van der Waals surface area contributed by atoms with Crippen molar-refractivity contribution in [3.8, 4) is 0 Å². The molecule has 1 amide bonds. The Bertz CT molecular complexity index is 315. The van der Waals surface area contributed by atoms with Gasteiger partial charge in [0.05, 0.1) is 6.10 Å². The number of hydrogen-bond donors (Lipinski definition) is 3. The lowest BCUT2D eigenvalue weighted by Crippen LogP contribution is -2.46. The second-order valence-corrected chi connectivity index (χ2v) is 4.76. The van der Waals surface area contributed by atoms with Crippen LogP contribution in [0.25, 0.3) is 0 Å². The summed E-state index contributed by atoms with van der Waals surface area (Å²) < 4.78 is 0. The Morgan fingerprint density at radius 3 is 2.47 bits per heavy atom. The summed E-state index contributed by atoms with van der Waals surface area (Å²) in [5.74, 6) is -1.23. The zero-order valence-corrected chi connectivity index (χ0v) is 9.63. The van der Waals surface area contributed by atoms with Crippen molar-refractivity contribution >= 4 is 11.9 Å². The van der Waals surface area contributed by atoms with Crippen LogP contribution in [0.1, 0.15) is 19.3 Å². The number of carbonyl (C=O) groups is 2. The van der Waals surface area contributed by atoms with E-state index < -0.39 is 18.1 Å². The van der Waals surface area contributed by atoms with Crippen LogP contribution in [0.15, 0.2) is 0 Å². The van der Waals surface area contributed by atoms with E-state index in [1.165, 1.54) is 4.90 Å². The highest BCUT2D eigenvalue weighted by molar-refractivity contribution is 5.86. The molecular formula is C11H18N2O4. The van der Waals surface area contributed by atoms with Gasteiger partial charge in [0.2, 0.25) is 5.91 Å². The number of likely N-dealkylation sites (tertiary alicyclic amines) is 1. The molecule has 0 aromatic heterocycles. The quantitative estimate of drug-likeness (QED) is 0.580. The molecule has 3 N–H and O–H groups in total. The first-order valence-electron chi connectivity index (χ1n) is 6.01. The van der Waals surface area contributed by atoms with Gasteiger partial charge < -0.3 is 20.4 Å². The molecule has 6 heteroatoms. The van der Waals surface area contributed by atoms with E-state index in [0.29, 0.717) is 0 Å². The fourth-order valence-electron chi connectivity index (χ4n) is 2.59. The van der Waals surface area contributed by atoms with Crippen molar-refractivity contribution in [2.45, 2.75) is 31.4 Å². The minimum Gasteiger partial charge on any atom is -0.480 e. The van der Waals surface area contributed by atoms with E-state index in [-0.39, 0.29) is 24.8 Å². The first-order chi connectivity index (χ1) is 8.09. The lowest BCUT2D eigenvalue weighted by Gasteiger charge is -2.29. The van der Waals surface area contributed by atoms with Gasteiger partial charge in [-0.15, -0.1) is 0 Å². The molecule has 0 unspecified atom stereocenters. The Morgan fingerprint density at radius 1 is 1.24 bits per heavy atom. The molecule has 17 heavy (non-hydrogen) atoms. The van der Waals surface area contributed by atoms with Crippen LogP contribution < -0.4 is 5.32 Å². The Hall–Kier alpha value is -1.14. The lowest BCUT2D eigenvalue weighted by atomic mass is 9.96. The SMILES string of the molecule is O=C(O)[C@H]1C[C@@H](O)CN1C(=O)C1CCNCC1. The monoisotopic (exact) mass is 242 g/mol. The summed E-state index contributed by atoms with van der Waals surface area (Å²) in [5.41, 5.74) is 0. The summed E-state index contributed by atoms with van der Waals surface area (Å²) in [4.78, 5) is 24.5. The van der Waals surface area contributed by atoms with E-state index in [2.05, 4.69) is 5.32 Å². The van der Waals surface area contributed by atoms with Gasteiger partial charge in [0.1, 0.15) is 6.04 Å². The van der Waals surface area contributed by atoms with Crippen LogP contribution in [0, 0.1) is 5.92 Å².